The van der Waals surface area contributed by atoms with E-state index in [-0.39, 0.29) is 33.2 Å². The SMILES string of the molecule is COc1ccc(S(=O)(=O)N(CC(=O)N(Cc2c(Cl)cccc2Cl)[C@H](C)C(=O)NC(C)C)c2ccc(F)cc2)cc1. The van der Waals surface area contributed by atoms with Crippen molar-refractivity contribution in [3.05, 3.63) is 88.2 Å². The van der Waals surface area contributed by atoms with Gasteiger partial charge in [-0.3, -0.25) is 13.9 Å². The van der Waals surface area contributed by atoms with E-state index < -0.39 is 40.2 Å². The highest BCUT2D eigenvalue weighted by Gasteiger charge is 2.33. The van der Waals surface area contributed by atoms with Crippen LogP contribution in [-0.2, 0) is 26.2 Å². The molecule has 2 amide bonds. The molecule has 0 fully saturated rings. The Balaban J connectivity index is 2.06. The van der Waals surface area contributed by atoms with Gasteiger partial charge in [0, 0.05) is 28.2 Å². The summed E-state index contributed by atoms with van der Waals surface area (Å²) in [4.78, 5) is 28.0. The number of amides is 2. The van der Waals surface area contributed by atoms with E-state index in [0.29, 0.717) is 11.3 Å². The minimum absolute atomic E-state index is 0.0561. The summed E-state index contributed by atoms with van der Waals surface area (Å²) in [6, 6.07) is 14.0. The van der Waals surface area contributed by atoms with E-state index in [2.05, 4.69) is 5.32 Å². The molecule has 12 heteroatoms. The molecule has 0 unspecified atom stereocenters. The number of anilines is 1. The van der Waals surface area contributed by atoms with Crippen LogP contribution in [0.25, 0.3) is 0 Å². The number of halogens is 3. The number of nitrogens with zero attached hydrogens (tertiary/aromatic N) is 2. The predicted octanol–water partition coefficient (Wildman–Crippen LogP) is 5.28. The van der Waals surface area contributed by atoms with Gasteiger partial charge in [-0.2, -0.15) is 0 Å². The van der Waals surface area contributed by atoms with Gasteiger partial charge in [0.1, 0.15) is 24.2 Å². The Morgan fingerprint density at radius 2 is 1.52 bits per heavy atom. The predicted molar refractivity (Wildman–Crippen MR) is 154 cm³/mol. The van der Waals surface area contributed by atoms with Crippen LogP contribution in [0, 0.1) is 5.82 Å². The fourth-order valence-electron chi connectivity index (χ4n) is 3.85. The first-order valence-corrected chi connectivity index (χ1v) is 14.5. The van der Waals surface area contributed by atoms with E-state index in [0.717, 1.165) is 16.4 Å². The van der Waals surface area contributed by atoms with E-state index in [9.17, 15) is 22.4 Å². The molecular weight excluding hydrogens is 580 g/mol. The lowest BCUT2D eigenvalue weighted by Gasteiger charge is -2.32. The molecule has 0 aromatic heterocycles. The number of carbonyl (C=O) groups is 2. The van der Waals surface area contributed by atoms with Crippen LogP contribution in [0.5, 0.6) is 5.75 Å². The van der Waals surface area contributed by atoms with Gasteiger partial charge in [-0.15, -0.1) is 0 Å². The van der Waals surface area contributed by atoms with E-state index in [1.807, 2.05) is 0 Å². The van der Waals surface area contributed by atoms with E-state index in [4.69, 9.17) is 27.9 Å². The van der Waals surface area contributed by atoms with Crippen molar-refractivity contribution >= 4 is 50.7 Å². The van der Waals surface area contributed by atoms with Crippen LogP contribution in [-0.4, -0.2) is 50.9 Å². The van der Waals surface area contributed by atoms with Crippen LogP contribution >= 0.6 is 23.2 Å². The third-order valence-electron chi connectivity index (χ3n) is 6.03. The summed E-state index contributed by atoms with van der Waals surface area (Å²) >= 11 is 12.7. The second-order valence-electron chi connectivity index (χ2n) is 9.22. The van der Waals surface area contributed by atoms with Crippen LogP contribution in [0.3, 0.4) is 0 Å². The lowest BCUT2D eigenvalue weighted by molar-refractivity contribution is -0.139. The van der Waals surface area contributed by atoms with Gasteiger partial charge in [0.2, 0.25) is 11.8 Å². The largest absolute Gasteiger partial charge is 0.497 e. The third-order valence-corrected chi connectivity index (χ3v) is 8.53. The highest BCUT2D eigenvalue weighted by atomic mass is 35.5. The maximum Gasteiger partial charge on any atom is 0.264 e. The molecule has 8 nitrogen and oxygen atoms in total. The average molecular weight is 611 g/mol. The molecule has 0 spiro atoms. The van der Waals surface area contributed by atoms with Crippen LogP contribution in [0.15, 0.2) is 71.6 Å². The Labute approximate surface area is 243 Å². The number of carbonyl (C=O) groups excluding carboxylic acids is 2. The normalized spacial score (nSPS) is 12.1. The van der Waals surface area contributed by atoms with Crippen molar-refractivity contribution in [3.63, 3.8) is 0 Å². The summed E-state index contributed by atoms with van der Waals surface area (Å²) < 4.78 is 47.3. The smallest absolute Gasteiger partial charge is 0.264 e. The van der Waals surface area contributed by atoms with Crippen molar-refractivity contribution in [2.24, 2.45) is 0 Å². The van der Waals surface area contributed by atoms with E-state index in [1.54, 1.807) is 32.0 Å². The molecule has 1 N–H and O–H groups in total. The monoisotopic (exact) mass is 609 g/mol. The first kappa shape index (κ1) is 31.2. The Bertz CT molecular complexity index is 1430. The van der Waals surface area contributed by atoms with Crippen LogP contribution in [0.1, 0.15) is 26.3 Å². The lowest BCUT2D eigenvalue weighted by Crippen LogP contribution is -2.52. The highest BCUT2D eigenvalue weighted by molar-refractivity contribution is 7.92. The van der Waals surface area contributed by atoms with Crippen molar-refractivity contribution in [2.75, 3.05) is 18.0 Å². The number of hydrogen-bond acceptors (Lipinski definition) is 5. The lowest BCUT2D eigenvalue weighted by atomic mass is 10.1. The van der Waals surface area contributed by atoms with E-state index in [1.165, 1.54) is 55.3 Å². The number of ether oxygens (including phenoxy) is 1. The van der Waals surface area contributed by atoms with Crippen LogP contribution in [0.2, 0.25) is 10.0 Å². The zero-order chi connectivity index (χ0) is 29.6. The maximum absolute atomic E-state index is 13.9. The summed E-state index contributed by atoms with van der Waals surface area (Å²) in [6.45, 7) is 4.23. The molecule has 3 aromatic carbocycles. The molecule has 0 saturated heterocycles. The quantitative estimate of drug-likeness (QED) is 0.319. The van der Waals surface area contributed by atoms with Crippen molar-refractivity contribution in [1.82, 2.24) is 10.2 Å². The zero-order valence-corrected chi connectivity index (χ0v) is 24.7. The second kappa shape index (κ2) is 13.3. The molecule has 3 aromatic rings. The number of rotatable bonds is 11. The van der Waals surface area contributed by atoms with Crippen LogP contribution < -0.4 is 14.4 Å². The number of methoxy groups -OCH3 is 1. The van der Waals surface area contributed by atoms with E-state index >= 15 is 0 Å². The summed E-state index contributed by atoms with van der Waals surface area (Å²) in [5.41, 5.74) is 0.454. The molecule has 214 valence electrons. The molecule has 0 saturated carbocycles. The second-order valence-corrected chi connectivity index (χ2v) is 11.9. The minimum Gasteiger partial charge on any atom is -0.497 e. The highest BCUT2D eigenvalue weighted by Crippen LogP contribution is 2.29. The molecule has 0 heterocycles. The summed E-state index contributed by atoms with van der Waals surface area (Å²) in [7, 11) is -2.87. The van der Waals surface area contributed by atoms with Gasteiger partial charge in [-0.25, -0.2) is 12.8 Å². The molecule has 0 aliphatic rings. The van der Waals surface area contributed by atoms with Gasteiger partial charge < -0.3 is 15.0 Å². The number of sulfonamides is 1. The third kappa shape index (κ3) is 7.44. The fraction of sp³-hybridized carbons (Fsp3) is 0.286. The molecule has 40 heavy (non-hydrogen) atoms. The Hall–Kier alpha value is -3.34. The molecule has 3 rings (SSSR count). The topological polar surface area (TPSA) is 96.0 Å². The Morgan fingerprint density at radius 3 is 2.05 bits per heavy atom. The number of benzene rings is 3. The number of nitrogens with one attached hydrogen (secondary N) is 1. The van der Waals surface area contributed by atoms with Crippen molar-refractivity contribution in [3.8, 4) is 5.75 Å². The van der Waals surface area contributed by atoms with Crippen molar-refractivity contribution < 1.29 is 27.1 Å². The Kier molecular flexibility index (Phi) is 10.4. The summed E-state index contributed by atoms with van der Waals surface area (Å²) in [6.07, 6.45) is 0. The first-order chi connectivity index (χ1) is 18.8. The molecule has 0 aliphatic heterocycles. The minimum atomic E-state index is -4.32. The maximum atomic E-state index is 13.9. The fourth-order valence-corrected chi connectivity index (χ4v) is 5.78. The van der Waals surface area contributed by atoms with Gasteiger partial charge in [-0.05, 0) is 81.4 Å². The molecular formula is C28H30Cl2FN3O5S. The van der Waals surface area contributed by atoms with Crippen molar-refractivity contribution in [2.45, 2.75) is 44.3 Å². The van der Waals surface area contributed by atoms with Gasteiger partial charge in [0.05, 0.1) is 17.7 Å². The molecule has 1 atom stereocenters. The van der Waals surface area contributed by atoms with Crippen LogP contribution in [0.4, 0.5) is 10.1 Å². The first-order valence-electron chi connectivity index (χ1n) is 12.3. The molecule has 0 radical (unpaired) electrons. The van der Waals surface area contributed by atoms with Gasteiger partial charge >= 0.3 is 0 Å². The Morgan fingerprint density at radius 1 is 0.950 bits per heavy atom. The average Bonchev–Trinajstić information content (AvgIpc) is 2.91. The molecule has 0 aliphatic carbocycles. The zero-order valence-electron chi connectivity index (χ0n) is 22.4. The van der Waals surface area contributed by atoms with Crippen molar-refractivity contribution in [1.29, 1.82) is 0 Å². The number of hydrogen-bond donors (Lipinski definition) is 1. The summed E-state index contributed by atoms with van der Waals surface area (Å²) in [5, 5.41) is 3.33. The molecule has 0 bridgehead atoms. The van der Waals surface area contributed by atoms with Gasteiger partial charge in [-0.1, -0.05) is 29.3 Å². The van der Waals surface area contributed by atoms with Gasteiger partial charge in [0.15, 0.2) is 0 Å². The van der Waals surface area contributed by atoms with Gasteiger partial charge in [0.25, 0.3) is 10.0 Å². The summed E-state index contributed by atoms with van der Waals surface area (Å²) in [5.74, 6) is -1.29. The standard InChI is InChI=1S/C28H30Cl2FN3O5S/c1-18(2)32-28(36)19(3)33(16-24-25(29)6-5-7-26(24)30)27(35)17-34(21-10-8-20(31)9-11-21)40(37,38)23-14-12-22(39-4)13-15-23/h5-15,18-19H,16-17H2,1-4H3,(H,32,36)/t19-/m1/s1.